The zero-order chi connectivity index (χ0) is 11.5. The van der Waals surface area contributed by atoms with E-state index in [1.54, 1.807) is 11.8 Å². The van der Waals surface area contributed by atoms with Crippen LogP contribution in [0.4, 0.5) is 5.69 Å². The van der Waals surface area contributed by atoms with Crippen LogP contribution in [-0.2, 0) is 0 Å². The van der Waals surface area contributed by atoms with E-state index in [-0.39, 0.29) is 0 Å². The Kier molecular flexibility index (Phi) is 4.33. The molecule has 2 nitrogen and oxygen atoms in total. The molecule has 0 amide bonds. The van der Waals surface area contributed by atoms with Crippen molar-refractivity contribution < 1.29 is 0 Å². The van der Waals surface area contributed by atoms with Crippen molar-refractivity contribution in [2.45, 2.75) is 6.92 Å². The van der Waals surface area contributed by atoms with Gasteiger partial charge in [-0.05, 0) is 40.0 Å². The normalized spacial score (nSPS) is 20.4. The Hall–Kier alpha value is -0.000000000000000111. The van der Waals surface area contributed by atoms with Crippen LogP contribution < -0.4 is 5.32 Å². The summed E-state index contributed by atoms with van der Waals surface area (Å²) in [6, 6.07) is 6.07. The zero-order valence-electron chi connectivity index (χ0n) is 8.84. The molecule has 0 aromatic heterocycles. The first-order valence-corrected chi connectivity index (χ1v) is 7.61. The number of thioether (sulfide) groups is 1. The van der Waals surface area contributed by atoms with Crippen molar-refractivity contribution in [2.75, 3.05) is 17.6 Å². The number of benzene rings is 1. The third kappa shape index (κ3) is 3.25. The van der Waals surface area contributed by atoms with E-state index < -0.39 is 0 Å². The van der Waals surface area contributed by atoms with E-state index in [1.807, 2.05) is 18.2 Å². The van der Waals surface area contributed by atoms with Crippen LogP contribution >= 0.6 is 43.6 Å². The molecule has 86 valence electrons. The van der Waals surface area contributed by atoms with Gasteiger partial charge in [-0.15, -0.1) is 0 Å². The highest BCUT2D eigenvalue weighted by molar-refractivity contribution is 9.11. The number of nitrogens with one attached hydrogen (secondary N) is 1. The maximum Gasteiger partial charge on any atom is 0.161 e. The molecular formula is C11H12Br2N2S. The first-order chi connectivity index (χ1) is 7.65. The topological polar surface area (TPSA) is 24.4 Å². The number of hydrogen-bond donors (Lipinski definition) is 1. The minimum atomic E-state index is 0.682. The zero-order valence-corrected chi connectivity index (χ0v) is 12.8. The van der Waals surface area contributed by atoms with E-state index in [4.69, 9.17) is 0 Å². The van der Waals surface area contributed by atoms with Gasteiger partial charge in [-0.3, -0.25) is 4.99 Å². The van der Waals surface area contributed by atoms with Crippen LogP contribution in [0.3, 0.4) is 0 Å². The number of nitrogens with zero attached hydrogens (tertiary/aromatic N) is 1. The summed E-state index contributed by atoms with van der Waals surface area (Å²) in [7, 11) is 0. The molecule has 1 heterocycles. The maximum absolute atomic E-state index is 4.51. The molecule has 0 aliphatic carbocycles. The summed E-state index contributed by atoms with van der Waals surface area (Å²) < 4.78 is 2.12. The number of anilines is 1. The van der Waals surface area contributed by atoms with Crippen LogP contribution in [0.1, 0.15) is 6.92 Å². The number of aliphatic imine (C=N–C) groups is 1. The average Bonchev–Trinajstić information content (AvgIpc) is 2.27. The van der Waals surface area contributed by atoms with Gasteiger partial charge >= 0.3 is 0 Å². The molecule has 1 N–H and O–H groups in total. The minimum absolute atomic E-state index is 0.682. The van der Waals surface area contributed by atoms with Crippen molar-refractivity contribution in [2.24, 2.45) is 10.9 Å². The molecule has 0 radical (unpaired) electrons. The molecule has 1 atom stereocenters. The quantitative estimate of drug-likeness (QED) is 0.801. The molecule has 1 aromatic rings. The van der Waals surface area contributed by atoms with Crippen molar-refractivity contribution in [3.8, 4) is 0 Å². The molecule has 1 unspecified atom stereocenters. The molecule has 5 heteroatoms. The Morgan fingerprint density at radius 1 is 1.44 bits per heavy atom. The van der Waals surface area contributed by atoms with Crippen LogP contribution in [0.2, 0.25) is 0 Å². The van der Waals surface area contributed by atoms with Gasteiger partial charge in [0.25, 0.3) is 0 Å². The van der Waals surface area contributed by atoms with Crippen molar-refractivity contribution in [3.63, 3.8) is 0 Å². The monoisotopic (exact) mass is 362 g/mol. The second-order valence-electron chi connectivity index (χ2n) is 3.81. The minimum Gasteiger partial charge on any atom is -0.334 e. The van der Waals surface area contributed by atoms with Crippen LogP contribution in [0.25, 0.3) is 0 Å². The molecule has 1 aliphatic rings. The van der Waals surface area contributed by atoms with Gasteiger partial charge in [0.2, 0.25) is 0 Å². The third-order valence-corrected chi connectivity index (χ3v) is 4.65. The molecular weight excluding hydrogens is 352 g/mol. The van der Waals surface area contributed by atoms with E-state index in [1.165, 1.54) is 0 Å². The SMILES string of the molecule is CC1CN=C(Nc2cc(Br)ccc2Br)SC1. The molecule has 0 spiro atoms. The van der Waals surface area contributed by atoms with Crippen LogP contribution in [-0.4, -0.2) is 17.5 Å². The second kappa shape index (κ2) is 5.56. The van der Waals surface area contributed by atoms with E-state index in [0.29, 0.717) is 5.92 Å². The van der Waals surface area contributed by atoms with E-state index >= 15 is 0 Å². The van der Waals surface area contributed by atoms with Crippen molar-refractivity contribution >= 4 is 54.5 Å². The van der Waals surface area contributed by atoms with Crippen LogP contribution in [0, 0.1) is 5.92 Å². The fourth-order valence-electron chi connectivity index (χ4n) is 1.34. The number of amidine groups is 1. The first-order valence-electron chi connectivity index (χ1n) is 5.04. The fraction of sp³-hybridized carbons (Fsp3) is 0.364. The van der Waals surface area contributed by atoms with Gasteiger partial charge in [-0.2, -0.15) is 0 Å². The standard InChI is InChI=1S/C11H12Br2N2S/c1-7-5-14-11(16-6-7)15-10-4-8(12)2-3-9(10)13/h2-4,7H,5-6H2,1H3,(H,14,15). The third-order valence-electron chi connectivity index (χ3n) is 2.22. The molecule has 16 heavy (non-hydrogen) atoms. The van der Waals surface area contributed by atoms with Crippen LogP contribution in [0.15, 0.2) is 32.1 Å². The van der Waals surface area contributed by atoms with Gasteiger partial charge in [0.15, 0.2) is 5.17 Å². The van der Waals surface area contributed by atoms with Gasteiger partial charge in [-0.1, -0.05) is 34.6 Å². The summed E-state index contributed by atoms with van der Waals surface area (Å²) in [5, 5.41) is 4.36. The van der Waals surface area contributed by atoms with Gasteiger partial charge in [0, 0.05) is 21.2 Å². The predicted octanol–water partition coefficient (Wildman–Crippen LogP) is 4.36. The lowest BCUT2D eigenvalue weighted by atomic mass is 10.2. The van der Waals surface area contributed by atoms with E-state index in [9.17, 15) is 0 Å². The first kappa shape index (κ1) is 12.5. The predicted molar refractivity (Wildman–Crippen MR) is 79.4 cm³/mol. The molecule has 0 saturated heterocycles. The summed E-state index contributed by atoms with van der Waals surface area (Å²) in [6.45, 7) is 3.14. The number of rotatable bonds is 1. The van der Waals surface area contributed by atoms with Gasteiger partial charge < -0.3 is 5.32 Å². The molecule has 1 aromatic carbocycles. The lowest BCUT2D eigenvalue weighted by Crippen LogP contribution is -2.18. The summed E-state index contributed by atoms with van der Waals surface area (Å²) in [4.78, 5) is 4.51. The highest BCUT2D eigenvalue weighted by Crippen LogP contribution is 2.28. The highest BCUT2D eigenvalue weighted by Gasteiger charge is 2.13. The summed E-state index contributed by atoms with van der Waals surface area (Å²) in [5.74, 6) is 1.82. The largest absolute Gasteiger partial charge is 0.334 e. The van der Waals surface area contributed by atoms with Crippen molar-refractivity contribution in [1.29, 1.82) is 0 Å². The van der Waals surface area contributed by atoms with Gasteiger partial charge in [0.1, 0.15) is 0 Å². The van der Waals surface area contributed by atoms with Crippen molar-refractivity contribution in [3.05, 3.63) is 27.1 Å². The van der Waals surface area contributed by atoms with Gasteiger partial charge in [0.05, 0.1) is 5.69 Å². The molecule has 0 bridgehead atoms. The maximum atomic E-state index is 4.51. The molecule has 0 saturated carbocycles. The molecule has 1 aliphatic heterocycles. The summed E-state index contributed by atoms with van der Waals surface area (Å²) >= 11 is 8.77. The molecule has 2 rings (SSSR count). The molecule has 0 fully saturated rings. The smallest absolute Gasteiger partial charge is 0.161 e. The Balaban J connectivity index is 2.12. The van der Waals surface area contributed by atoms with Crippen molar-refractivity contribution in [1.82, 2.24) is 0 Å². The Labute approximate surface area is 117 Å². The number of halogens is 2. The average molecular weight is 364 g/mol. The van der Waals surface area contributed by atoms with Crippen LogP contribution in [0.5, 0.6) is 0 Å². The van der Waals surface area contributed by atoms with Gasteiger partial charge in [-0.25, -0.2) is 0 Å². The van der Waals surface area contributed by atoms with E-state index in [0.717, 1.165) is 32.1 Å². The lowest BCUT2D eigenvalue weighted by Gasteiger charge is -2.18. The summed E-state index contributed by atoms with van der Waals surface area (Å²) in [5.41, 5.74) is 1.05. The Morgan fingerprint density at radius 3 is 2.94 bits per heavy atom. The highest BCUT2D eigenvalue weighted by atomic mass is 79.9. The Bertz CT molecular complexity index is 420. The Morgan fingerprint density at radius 2 is 2.25 bits per heavy atom. The van der Waals surface area contributed by atoms with E-state index in [2.05, 4.69) is 49.1 Å². The lowest BCUT2D eigenvalue weighted by molar-refractivity contribution is 0.674. The number of hydrogen-bond acceptors (Lipinski definition) is 3. The summed E-state index contributed by atoms with van der Waals surface area (Å²) in [6.07, 6.45) is 0. The second-order valence-corrected chi connectivity index (χ2v) is 6.59. The fourth-order valence-corrected chi connectivity index (χ4v) is 2.94.